The molecule has 3 saturated carbocycles. The first kappa shape index (κ1) is 20.3. The van der Waals surface area contributed by atoms with Crippen LogP contribution in [0.5, 0.6) is 0 Å². The van der Waals surface area contributed by atoms with E-state index >= 15 is 0 Å². The van der Waals surface area contributed by atoms with Crippen LogP contribution in [0.3, 0.4) is 0 Å². The quantitative estimate of drug-likeness (QED) is 0.423. The molecule has 3 aliphatic carbocycles. The highest BCUT2D eigenvalue weighted by Crippen LogP contribution is 2.45. The Balaban J connectivity index is 0.000000174. The highest BCUT2D eigenvalue weighted by Gasteiger charge is 2.33. The molecule has 24 heavy (non-hydrogen) atoms. The van der Waals surface area contributed by atoms with Gasteiger partial charge in [-0.3, -0.25) is 0 Å². The van der Waals surface area contributed by atoms with E-state index in [0.29, 0.717) is 10.8 Å². The molecule has 0 N–H and O–H groups in total. The molecule has 3 atom stereocenters. The van der Waals surface area contributed by atoms with Crippen molar-refractivity contribution in [1.82, 2.24) is 0 Å². The van der Waals surface area contributed by atoms with Gasteiger partial charge < -0.3 is 0 Å². The molecule has 0 aromatic rings. The summed E-state index contributed by atoms with van der Waals surface area (Å²) in [4.78, 5) is 0. The molecule has 3 rings (SSSR count). The van der Waals surface area contributed by atoms with E-state index in [2.05, 4.69) is 41.5 Å². The summed E-state index contributed by atoms with van der Waals surface area (Å²) in [5.41, 5.74) is 1.15. The van der Waals surface area contributed by atoms with Crippen LogP contribution in [0.4, 0.5) is 0 Å². The average molecular weight is 335 g/mol. The third-order valence-corrected chi connectivity index (χ3v) is 7.22. The van der Waals surface area contributed by atoms with E-state index in [1.54, 1.807) is 25.7 Å². The first-order valence-corrected chi connectivity index (χ1v) is 11.2. The Bertz CT molecular complexity index is 355. The van der Waals surface area contributed by atoms with Crippen molar-refractivity contribution in [3.8, 4) is 0 Å². The lowest BCUT2D eigenvalue weighted by Gasteiger charge is -2.32. The maximum atomic E-state index is 2.43. The predicted molar refractivity (Wildman–Crippen MR) is 108 cm³/mol. The number of rotatable bonds is 1. The summed E-state index contributed by atoms with van der Waals surface area (Å²) in [6, 6.07) is 0. The summed E-state index contributed by atoms with van der Waals surface area (Å²) >= 11 is 0. The van der Waals surface area contributed by atoms with E-state index in [-0.39, 0.29) is 0 Å². The van der Waals surface area contributed by atoms with Gasteiger partial charge in [-0.1, -0.05) is 86.5 Å². The van der Waals surface area contributed by atoms with Gasteiger partial charge in [-0.25, -0.2) is 0 Å². The first-order chi connectivity index (χ1) is 11.2. The van der Waals surface area contributed by atoms with Crippen molar-refractivity contribution in [1.29, 1.82) is 0 Å². The van der Waals surface area contributed by atoms with E-state index in [1.165, 1.54) is 51.4 Å². The molecule has 0 aromatic heterocycles. The monoisotopic (exact) mass is 334 g/mol. The lowest BCUT2D eigenvalue weighted by Crippen LogP contribution is -2.20. The second-order valence-electron chi connectivity index (χ2n) is 11.4. The second-order valence-corrected chi connectivity index (χ2v) is 11.4. The van der Waals surface area contributed by atoms with Crippen molar-refractivity contribution in [2.75, 3.05) is 0 Å². The molecule has 0 aliphatic heterocycles. The zero-order chi connectivity index (χ0) is 17.8. The molecule has 0 aromatic carbocycles. The van der Waals surface area contributed by atoms with Crippen molar-refractivity contribution >= 4 is 0 Å². The van der Waals surface area contributed by atoms with Crippen molar-refractivity contribution in [2.45, 2.75) is 119 Å². The minimum absolute atomic E-state index is 0.569. The van der Waals surface area contributed by atoms with Gasteiger partial charge in [-0.15, -0.1) is 0 Å². The minimum Gasteiger partial charge on any atom is -0.0625 e. The van der Waals surface area contributed by atoms with Gasteiger partial charge in [-0.2, -0.15) is 0 Å². The largest absolute Gasteiger partial charge is 0.0625 e. The van der Waals surface area contributed by atoms with Crippen LogP contribution in [0, 0.1) is 34.5 Å². The van der Waals surface area contributed by atoms with Crippen LogP contribution < -0.4 is 0 Å². The van der Waals surface area contributed by atoms with Crippen molar-refractivity contribution in [3.63, 3.8) is 0 Å². The molecule has 3 aliphatic rings. The standard InChI is InChI=1S/C12H22.C12H24/c1-10-7-8-12(9-10)11-5-3-2-4-6-11;1-10-6-7-11(2,3)9-12(4,5)8-10/h10-12H,2-9H2,1H3;10H,6-9H2,1-5H3. The van der Waals surface area contributed by atoms with Crippen LogP contribution in [0.25, 0.3) is 0 Å². The minimum atomic E-state index is 0.569. The summed E-state index contributed by atoms with van der Waals surface area (Å²) < 4.78 is 0. The van der Waals surface area contributed by atoms with Crippen LogP contribution in [-0.4, -0.2) is 0 Å². The van der Waals surface area contributed by atoms with Crippen molar-refractivity contribution in [2.24, 2.45) is 34.5 Å². The normalized spacial score (nSPS) is 36.5. The van der Waals surface area contributed by atoms with E-state index in [1.807, 2.05) is 0 Å². The summed E-state index contributed by atoms with van der Waals surface area (Å²) in [5, 5.41) is 0. The lowest BCUT2D eigenvalue weighted by molar-refractivity contribution is 0.195. The zero-order valence-corrected chi connectivity index (χ0v) is 17.8. The molecule has 0 nitrogen and oxygen atoms in total. The third kappa shape index (κ3) is 6.72. The van der Waals surface area contributed by atoms with Crippen LogP contribution >= 0.6 is 0 Å². The molecule has 3 fully saturated rings. The van der Waals surface area contributed by atoms with E-state index in [9.17, 15) is 0 Å². The SMILES string of the molecule is CC1CCC(C)(C)CC(C)(C)C1.CC1CCC(C2CCCCC2)C1. The van der Waals surface area contributed by atoms with Gasteiger partial charge in [0.05, 0.1) is 0 Å². The van der Waals surface area contributed by atoms with Gasteiger partial charge >= 0.3 is 0 Å². The highest BCUT2D eigenvalue weighted by atomic mass is 14.4. The lowest BCUT2D eigenvalue weighted by atomic mass is 9.74. The van der Waals surface area contributed by atoms with Crippen LogP contribution in [-0.2, 0) is 0 Å². The highest BCUT2D eigenvalue weighted by molar-refractivity contribution is 4.85. The van der Waals surface area contributed by atoms with Crippen molar-refractivity contribution in [3.05, 3.63) is 0 Å². The maximum absolute atomic E-state index is 2.43. The van der Waals surface area contributed by atoms with Crippen molar-refractivity contribution < 1.29 is 0 Å². The topological polar surface area (TPSA) is 0 Å². The molecule has 0 bridgehead atoms. The molecule has 0 heterocycles. The second kappa shape index (κ2) is 8.59. The van der Waals surface area contributed by atoms with Crippen LogP contribution in [0.2, 0.25) is 0 Å². The van der Waals surface area contributed by atoms with E-state index < -0.39 is 0 Å². The maximum Gasteiger partial charge on any atom is -0.0347 e. The Morgan fingerprint density at radius 1 is 0.625 bits per heavy atom. The summed E-state index contributed by atoms with van der Waals surface area (Å²) in [5.74, 6) is 4.22. The first-order valence-electron chi connectivity index (χ1n) is 11.2. The molecule has 0 heteroatoms. The van der Waals surface area contributed by atoms with Gasteiger partial charge in [0.1, 0.15) is 0 Å². The van der Waals surface area contributed by atoms with Gasteiger partial charge in [0, 0.05) is 0 Å². The van der Waals surface area contributed by atoms with Gasteiger partial charge in [0.15, 0.2) is 0 Å². The van der Waals surface area contributed by atoms with E-state index in [0.717, 1.165) is 23.7 Å². The smallest absolute Gasteiger partial charge is 0.0347 e. The van der Waals surface area contributed by atoms with Gasteiger partial charge in [-0.05, 0) is 66.6 Å². The van der Waals surface area contributed by atoms with Crippen LogP contribution in [0.15, 0.2) is 0 Å². The molecule has 3 unspecified atom stereocenters. The molecule has 0 amide bonds. The number of hydrogen-bond acceptors (Lipinski definition) is 0. The zero-order valence-electron chi connectivity index (χ0n) is 17.8. The molecule has 0 radical (unpaired) electrons. The fraction of sp³-hybridized carbons (Fsp3) is 1.00. The Morgan fingerprint density at radius 3 is 1.88 bits per heavy atom. The Hall–Kier alpha value is 0. The predicted octanol–water partition coefficient (Wildman–Crippen LogP) is 8.25. The summed E-state index contributed by atoms with van der Waals surface area (Å²) in [7, 11) is 0. The molecule has 0 spiro atoms. The summed E-state index contributed by atoms with van der Waals surface area (Å²) in [6.07, 6.45) is 17.9. The fourth-order valence-corrected chi connectivity index (χ4v) is 6.42. The van der Waals surface area contributed by atoms with Gasteiger partial charge in [0.2, 0.25) is 0 Å². The Morgan fingerprint density at radius 2 is 1.29 bits per heavy atom. The van der Waals surface area contributed by atoms with Crippen LogP contribution in [0.1, 0.15) is 119 Å². The number of hydrogen-bond donors (Lipinski definition) is 0. The molecule has 142 valence electrons. The Labute approximate surface area is 153 Å². The van der Waals surface area contributed by atoms with Gasteiger partial charge in [0.25, 0.3) is 0 Å². The molecule has 0 saturated heterocycles. The Kier molecular flexibility index (Phi) is 7.27. The fourth-order valence-electron chi connectivity index (χ4n) is 6.42. The third-order valence-electron chi connectivity index (χ3n) is 7.22. The molecular weight excluding hydrogens is 288 g/mol. The summed E-state index contributed by atoms with van der Waals surface area (Å²) in [6.45, 7) is 14.5. The average Bonchev–Trinajstić information content (AvgIpc) is 2.88. The molecular formula is C24H46. The van der Waals surface area contributed by atoms with E-state index in [4.69, 9.17) is 0 Å².